The van der Waals surface area contributed by atoms with Crippen molar-refractivity contribution in [3.63, 3.8) is 0 Å². The fraction of sp³-hybridized carbons (Fsp3) is 0.579. The zero-order valence-electron chi connectivity index (χ0n) is 14.9. The molecule has 5 nitrogen and oxygen atoms in total. The molecule has 0 atom stereocenters. The normalized spacial score (nSPS) is 15.2. The lowest BCUT2D eigenvalue weighted by atomic mass is 10.1. The molecule has 2 N–H and O–H groups in total. The minimum absolute atomic E-state index is 0.109. The van der Waals surface area contributed by atoms with Crippen LogP contribution in [0.25, 0.3) is 0 Å². The Hall–Kier alpha value is -2.11. The zero-order chi connectivity index (χ0) is 17.9. The monoisotopic (exact) mass is 349 g/mol. The van der Waals surface area contributed by atoms with E-state index in [-0.39, 0.29) is 17.9 Å². The van der Waals surface area contributed by atoms with Crippen molar-refractivity contribution in [2.24, 2.45) is 4.99 Å². The molecule has 0 aromatic heterocycles. The lowest BCUT2D eigenvalue weighted by Gasteiger charge is -2.13. The Labute approximate surface area is 149 Å². The maximum atomic E-state index is 13.1. The summed E-state index contributed by atoms with van der Waals surface area (Å²) < 4.78 is 18.5. The van der Waals surface area contributed by atoms with Crippen LogP contribution in [0.2, 0.25) is 0 Å². The number of hydrogen-bond donors (Lipinski definition) is 2. The van der Waals surface area contributed by atoms with E-state index in [0.29, 0.717) is 38.3 Å². The summed E-state index contributed by atoms with van der Waals surface area (Å²) >= 11 is 0. The van der Waals surface area contributed by atoms with Gasteiger partial charge < -0.3 is 15.4 Å². The van der Waals surface area contributed by atoms with Gasteiger partial charge in [-0.15, -0.1) is 0 Å². The molecule has 0 heterocycles. The molecule has 1 aromatic carbocycles. The van der Waals surface area contributed by atoms with Crippen LogP contribution in [0.15, 0.2) is 29.3 Å². The van der Waals surface area contributed by atoms with E-state index in [4.69, 9.17) is 4.74 Å². The van der Waals surface area contributed by atoms with Crippen molar-refractivity contribution in [2.75, 3.05) is 20.1 Å². The molecule has 1 aliphatic rings. The fourth-order valence-corrected chi connectivity index (χ4v) is 2.93. The van der Waals surface area contributed by atoms with E-state index in [9.17, 15) is 9.18 Å². The first kappa shape index (κ1) is 19.2. The van der Waals surface area contributed by atoms with Gasteiger partial charge in [0.1, 0.15) is 11.9 Å². The molecule has 0 spiro atoms. The smallest absolute Gasteiger partial charge is 0.306 e. The summed E-state index contributed by atoms with van der Waals surface area (Å²) in [6.07, 6.45) is 6.32. The van der Waals surface area contributed by atoms with E-state index in [1.54, 1.807) is 13.1 Å². The first-order valence-corrected chi connectivity index (χ1v) is 9.06. The molecule has 6 heteroatoms. The number of halogens is 1. The van der Waals surface area contributed by atoms with Gasteiger partial charge in [0.05, 0.1) is 0 Å². The molecule has 1 aromatic rings. The Kier molecular flexibility index (Phi) is 8.22. The highest BCUT2D eigenvalue weighted by Crippen LogP contribution is 2.21. The second kappa shape index (κ2) is 10.7. The second-order valence-electron chi connectivity index (χ2n) is 6.31. The van der Waals surface area contributed by atoms with Gasteiger partial charge in [-0.2, -0.15) is 0 Å². The highest BCUT2D eigenvalue weighted by Gasteiger charge is 2.18. The number of nitrogens with zero attached hydrogens (tertiary/aromatic N) is 1. The molecule has 1 saturated carbocycles. The SMILES string of the molecule is CN=C(NCCCC(=O)OC1CCCC1)NCCc1cccc(F)c1. The van der Waals surface area contributed by atoms with Gasteiger partial charge in [0.15, 0.2) is 5.96 Å². The van der Waals surface area contributed by atoms with E-state index in [0.717, 1.165) is 31.2 Å². The van der Waals surface area contributed by atoms with Crippen LogP contribution in [0.1, 0.15) is 44.1 Å². The summed E-state index contributed by atoms with van der Waals surface area (Å²) in [4.78, 5) is 15.9. The summed E-state index contributed by atoms with van der Waals surface area (Å²) in [6.45, 7) is 1.31. The number of carbonyl (C=O) groups is 1. The lowest BCUT2D eigenvalue weighted by molar-refractivity contribution is -0.148. The Morgan fingerprint density at radius 1 is 1.28 bits per heavy atom. The summed E-state index contributed by atoms with van der Waals surface area (Å²) in [6, 6.07) is 6.59. The molecule has 0 unspecified atom stereocenters. The molecule has 1 fully saturated rings. The van der Waals surface area contributed by atoms with Crippen molar-refractivity contribution in [2.45, 2.75) is 51.0 Å². The van der Waals surface area contributed by atoms with Crippen molar-refractivity contribution in [3.8, 4) is 0 Å². The molecular weight excluding hydrogens is 321 g/mol. The number of hydrogen-bond acceptors (Lipinski definition) is 3. The predicted octanol–water partition coefficient (Wildman–Crippen LogP) is 2.80. The highest BCUT2D eigenvalue weighted by atomic mass is 19.1. The summed E-state index contributed by atoms with van der Waals surface area (Å²) in [5, 5.41) is 6.36. The molecule has 0 bridgehead atoms. The third kappa shape index (κ3) is 7.54. The number of rotatable bonds is 8. The van der Waals surface area contributed by atoms with Crippen LogP contribution in [0.4, 0.5) is 4.39 Å². The standard InChI is InChI=1S/C19H28FN3O2/c1-21-19(23-13-11-15-6-4-7-16(20)14-15)22-12-5-10-18(24)25-17-8-2-3-9-17/h4,6-7,14,17H,2-3,5,8-13H2,1H3,(H2,21,22,23). The van der Waals surface area contributed by atoms with Gasteiger partial charge in [0, 0.05) is 26.6 Å². The Morgan fingerprint density at radius 3 is 2.76 bits per heavy atom. The molecule has 25 heavy (non-hydrogen) atoms. The molecular formula is C19H28FN3O2. The highest BCUT2D eigenvalue weighted by molar-refractivity contribution is 5.79. The van der Waals surface area contributed by atoms with Crippen LogP contribution < -0.4 is 10.6 Å². The molecule has 0 saturated heterocycles. The van der Waals surface area contributed by atoms with Gasteiger partial charge in [-0.3, -0.25) is 9.79 Å². The van der Waals surface area contributed by atoms with Crippen molar-refractivity contribution in [1.29, 1.82) is 0 Å². The predicted molar refractivity (Wildman–Crippen MR) is 97.1 cm³/mol. The van der Waals surface area contributed by atoms with E-state index < -0.39 is 0 Å². The van der Waals surface area contributed by atoms with Crippen LogP contribution in [0.3, 0.4) is 0 Å². The van der Waals surface area contributed by atoms with Crippen LogP contribution in [0.5, 0.6) is 0 Å². The number of nitrogens with one attached hydrogen (secondary N) is 2. The van der Waals surface area contributed by atoms with E-state index in [2.05, 4.69) is 15.6 Å². The number of carbonyl (C=O) groups excluding carboxylic acids is 1. The number of aliphatic imine (C=N–C) groups is 1. The van der Waals surface area contributed by atoms with Gasteiger partial charge >= 0.3 is 5.97 Å². The molecule has 1 aliphatic carbocycles. The minimum Gasteiger partial charge on any atom is -0.462 e. The number of esters is 1. The maximum absolute atomic E-state index is 13.1. The Balaban J connectivity index is 1.56. The first-order chi connectivity index (χ1) is 12.2. The number of benzene rings is 1. The number of guanidine groups is 1. The summed E-state index contributed by atoms with van der Waals surface area (Å²) in [7, 11) is 1.70. The average molecular weight is 349 g/mol. The first-order valence-electron chi connectivity index (χ1n) is 9.06. The topological polar surface area (TPSA) is 62.7 Å². The number of ether oxygens (including phenoxy) is 1. The van der Waals surface area contributed by atoms with Crippen molar-refractivity contribution < 1.29 is 13.9 Å². The zero-order valence-corrected chi connectivity index (χ0v) is 14.9. The Bertz CT molecular complexity index is 572. The van der Waals surface area contributed by atoms with Crippen molar-refractivity contribution >= 4 is 11.9 Å². The van der Waals surface area contributed by atoms with Gasteiger partial charge in [-0.05, 0) is 56.2 Å². The molecule has 2 rings (SSSR count). The second-order valence-corrected chi connectivity index (χ2v) is 6.31. The van der Waals surface area contributed by atoms with Crippen LogP contribution in [-0.2, 0) is 16.0 Å². The molecule has 0 radical (unpaired) electrons. The molecule has 0 amide bonds. The van der Waals surface area contributed by atoms with Crippen LogP contribution in [0, 0.1) is 5.82 Å². The maximum Gasteiger partial charge on any atom is 0.306 e. The third-order valence-electron chi connectivity index (χ3n) is 4.27. The van der Waals surface area contributed by atoms with Gasteiger partial charge in [-0.25, -0.2) is 4.39 Å². The van der Waals surface area contributed by atoms with Crippen LogP contribution in [-0.4, -0.2) is 38.2 Å². The fourth-order valence-electron chi connectivity index (χ4n) is 2.93. The van der Waals surface area contributed by atoms with Crippen molar-refractivity contribution in [3.05, 3.63) is 35.6 Å². The van der Waals surface area contributed by atoms with Gasteiger partial charge in [-0.1, -0.05) is 12.1 Å². The molecule has 0 aliphatic heterocycles. The quantitative estimate of drug-likeness (QED) is 0.328. The summed E-state index contributed by atoms with van der Waals surface area (Å²) in [5.41, 5.74) is 0.942. The molecule has 138 valence electrons. The minimum atomic E-state index is -0.218. The largest absolute Gasteiger partial charge is 0.462 e. The van der Waals surface area contributed by atoms with E-state index in [1.807, 2.05) is 6.07 Å². The van der Waals surface area contributed by atoms with Crippen LogP contribution >= 0.6 is 0 Å². The Morgan fingerprint density at radius 2 is 2.04 bits per heavy atom. The van der Waals surface area contributed by atoms with Gasteiger partial charge in [0.2, 0.25) is 0 Å². The van der Waals surface area contributed by atoms with E-state index in [1.165, 1.54) is 12.1 Å². The average Bonchev–Trinajstić information content (AvgIpc) is 3.10. The van der Waals surface area contributed by atoms with Crippen molar-refractivity contribution in [1.82, 2.24) is 10.6 Å². The summed E-state index contributed by atoms with van der Waals surface area (Å²) in [5.74, 6) is 0.354. The third-order valence-corrected chi connectivity index (χ3v) is 4.27. The van der Waals surface area contributed by atoms with E-state index >= 15 is 0 Å². The van der Waals surface area contributed by atoms with Gasteiger partial charge in [0.25, 0.3) is 0 Å². The lowest BCUT2D eigenvalue weighted by Crippen LogP contribution is -2.38.